The van der Waals surface area contributed by atoms with Crippen LogP contribution in [0.3, 0.4) is 0 Å². The summed E-state index contributed by atoms with van der Waals surface area (Å²) in [5.74, 6) is -0.0750. The summed E-state index contributed by atoms with van der Waals surface area (Å²) in [7, 11) is 0. The van der Waals surface area contributed by atoms with Crippen molar-refractivity contribution in [2.75, 3.05) is 6.61 Å². The molecule has 2 heteroatoms. The third kappa shape index (κ3) is 3.34. The lowest BCUT2D eigenvalue weighted by Crippen LogP contribution is -2.04. The van der Waals surface area contributed by atoms with Crippen LogP contribution < -0.4 is 0 Å². The van der Waals surface area contributed by atoms with Crippen LogP contribution in [0.4, 0.5) is 0 Å². The Kier molecular flexibility index (Phi) is 5.11. The van der Waals surface area contributed by atoms with E-state index < -0.39 is 0 Å². The Hall–Kier alpha value is -2.37. The molecule has 0 fully saturated rings. The summed E-state index contributed by atoms with van der Waals surface area (Å²) in [5, 5.41) is 18.4. The minimum atomic E-state index is -0.0750. The van der Waals surface area contributed by atoms with Crippen molar-refractivity contribution in [3.8, 4) is 6.07 Å². The first-order valence-electron chi connectivity index (χ1n) is 6.67. The number of rotatable bonds is 5. The molecule has 0 heterocycles. The second-order valence-electron chi connectivity index (χ2n) is 4.54. The Morgan fingerprint density at radius 1 is 1.00 bits per heavy atom. The van der Waals surface area contributed by atoms with E-state index in [1.54, 1.807) is 0 Å². The summed E-state index contributed by atoms with van der Waals surface area (Å²) in [6.45, 7) is 0.0570. The van der Waals surface area contributed by atoms with E-state index in [0.717, 1.165) is 11.1 Å². The smallest absolute Gasteiger partial charge is 0.0953 e. The molecule has 0 saturated carbocycles. The monoisotopic (exact) mass is 263 g/mol. The second kappa shape index (κ2) is 7.28. The molecule has 0 bridgehead atoms. The van der Waals surface area contributed by atoms with Crippen molar-refractivity contribution in [1.82, 2.24) is 0 Å². The van der Waals surface area contributed by atoms with Crippen LogP contribution in [0.2, 0.25) is 0 Å². The van der Waals surface area contributed by atoms with E-state index in [0.29, 0.717) is 12.0 Å². The summed E-state index contributed by atoms with van der Waals surface area (Å²) >= 11 is 0. The number of hydrogen-bond donors (Lipinski definition) is 1. The predicted molar refractivity (Wildman–Crippen MR) is 80.1 cm³/mol. The van der Waals surface area contributed by atoms with Gasteiger partial charge in [0.1, 0.15) is 0 Å². The maximum Gasteiger partial charge on any atom is 0.0953 e. The van der Waals surface area contributed by atoms with Crippen molar-refractivity contribution in [3.63, 3.8) is 0 Å². The molecule has 2 aromatic carbocycles. The average molecular weight is 263 g/mol. The van der Waals surface area contributed by atoms with Crippen molar-refractivity contribution in [2.45, 2.75) is 12.3 Å². The minimum Gasteiger partial charge on any atom is -0.396 e. The Morgan fingerprint density at radius 3 is 1.90 bits per heavy atom. The molecule has 0 spiro atoms. The fourth-order valence-corrected chi connectivity index (χ4v) is 2.29. The molecule has 1 N–H and O–H groups in total. The largest absolute Gasteiger partial charge is 0.396 e. The first-order chi connectivity index (χ1) is 9.86. The number of allylic oxidation sites excluding steroid dienone is 1. The van der Waals surface area contributed by atoms with Crippen LogP contribution in [0, 0.1) is 11.3 Å². The Labute approximate surface area is 119 Å². The van der Waals surface area contributed by atoms with E-state index in [1.807, 2.05) is 66.7 Å². The second-order valence-corrected chi connectivity index (χ2v) is 4.54. The molecule has 2 aromatic rings. The van der Waals surface area contributed by atoms with Gasteiger partial charge in [0.2, 0.25) is 0 Å². The van der Waals surface area contributed by atoms with Gasteiger partial charge in [0, 0.05) is 18.1 Å². The molecule has 0 aliphatic carbocycles. The molecule has 2 rings (SSSR count). The molecular weight excluding hydrogens is 246 g/mol. The van der Waals surface area contributed by atoms with Gasteiger partial charge < -0.3 is 5.11 Å². The van der Waals surface area contributed by atoms with Gasteiger partial charge in [0.25, 0.3) is 0 Å². The molecular formula is C18H17NO. The molecule has 0 unspecified atom stereocenters. The van der Waals surface area contributed by atoms with Gasteiger partial charge in [-0.2, -0.15) is 5.26 Å². The van der Waals surface area contributed by atoms with Gasteiger partial charge >= 0.3 is 0 Å². The van der Waals surface area contributed by atoms with E-state index in [2.05, 4.69) is 6.07 Å². The van der Waals surface area contributed by atoms with Crippen molar-refractivity contribution in [3.05, 3.63) is 83.4 Å². The first-order valence-corrected chi connectivity index (χ1v) is 6.67. The number of nitriles is 1. The normalized spacial score (nSPS) is 11.3. The molecule has 0 aromatic heterocycles. The summed E-state index contributed by atoms with van der Waals surface area (Å²) in [4.78, 5) is 0. The number of hydrogen-bond acceptors (Lipinski definition) is 2. The maximum atomic E-state index is 9.45. The van der Waals surface area contributed by atoms with Crippen LogP contribution in [0.5, 0.6) is 0 Å². The van der Waals surface area contributed by atoms with Gasteiger partial charge in [0.05, 0.1) is 6.07 Å². The standard InChI is InChI=1S/C18H17NO/c19-14-17(12-7-13-20)18(15-8-3-1-4-9-15)16-10-5-2-6-11-16/h1-6,8-12,18,20H,7,13H2. The van der Waals surface area contributed by atoms with Gasteiger partial charge in [-0.1, -0.05) is 66.7 Å². The number of aliphatic hydroxyl groups excluding tert-OH is 1. The zero-order valence-corrected chi connectivity index (χ0v) is 11.2. The molecule has 0 saturated heterocycles. The van der Waals surface area contributed by atoms with E-state index in [9.17, 15) is 5.26 Å². The van der Waals surface area contributed by atoms with Gasteiger partial charge in [-0.25, -0.2) is 0 Å². The SMILES string of the molecule is N#CC(=CCCO)C(c1ccccc1)c1ccccc1. The highest BCUT2D eigenvalue weighted by molar-refractivity contribution is 5.45. The summed E-state index contributed by atoms with van der Waals surface area (Å²) < 4.78 is 0. The lowest BCUT2D eigenvalue weighted by Gasteiger charge is -2.17. The Bertz CT molecular complexity index is 557. The predicted octanol–water partition coefficient (Wildman–Crippen LogP) is 3.65. The Morgan fingerprint density at radius 2 is 1.50 bits per heavy atom. The lowest BCUT2D eigenvalue weighted by molar-refractivity contribution is 0.302. The van der Waals surface area contributed by atoms with Crippen molar-refractivity contribution < 1.29 is 5.11 Å². The van der Waals surface area contributed by atoms with Gasteiger partial charge in [-0.3, -0.25) is 0 Å². The van der Waals surface area contributed by atoms with Crippen molar-refractivity contribution >= 4 is 0 Å². The van der Waals surface area contributed by atoms with Gasteiger partial charge in [-0.05, 0) is 17.5 Å². The topological polar surface area (TPSA) is 44.0 Å². The highest BCUT2D eigenvalue weighted by Crippen LogP contribution is 2.31. The highest BCUT2D eigenvalue weighted by atomic mass is 16.2. The molecule has 0 aliphatic rings. The zero-order valence-electron chi connectivity index (χ0n) is 11.2. The summed E-state index contributed by atoms with van der Waals surface area (Å²) in [5.41, 5.74) is 2.85. The van der Waals surface area contributed by atoms with Crippen LogP contribution >= 0.6 is 0 Å². The number of aliphatic hydroxyl groups is 1. The van der Waals surface area contributed by atoms with Gasteiger partial charge in [0.15, 0.2) is 0 Å². The molecule has 100 valence electrons. The van der Waals surface area contributed by atoms with Crippen LogP contribution in [-0.4, -0.2) is 11.7 Å². The zero-order chi connectivity index (χ0) is 14.2. The van der Waals surface area contributed by atoms with Crippen molar-refractivity contribution in [1.29, 1.82) is 5.26 Å². The van der Waals surface area contributed by atoms with E-state index in [-0.39, 0.29) is 12.5 Å². The molecule has 0 radical (unpaired) electrons. The van der Waals surface area contributed by atoms with E-state index >= 15 is 0 Å². The fraction of sp³-hybridized carbons (Fsp3) is 0.167. The maximum absolute atomic E-state index is 9.45. The number of nitrogens with zero attached hydrogens (tertiary/aromatic N) is 1. The summed E-state index contributed by atoms with van der Waals surface area (Å²) in [6, 6.07) is 22.3. The first kappa shape index (κ1) is 14.0. The highest BCUT2D eigenvalue weighted by Gasteiger charge is 2.18. The average Bonchev–Trinajstić information content (AvgIpc) is 2.53. The fourth-order valence-electron chi connectivity index (χ4n) is 2.29. The third-order valence-electron chi connectivity index (χ3n) is 3.20. The van der Waals surface area contributed by atoms with Crippen LogP contribution in [0.1, 0.15) is 23.5 Å². The molecule has 0 atom stereocenters. The van der Waals surface area contributed by atoms with Crippen LogP contribution in [-0.2, 0) is 0 Å². The molecule has 20 heavy (non-hydrogen) atoms. The molecule has 0 aliphatic heterocycles. The van der Waals surface area contributed by atoms with Crippen LogP contribution in [0.25, 0.3) is 0 Å². The van der Waals surface area contributed by atoms with E-state index in [1.165, 1.54) is 0 Å². The Balaban J connectivity index is 2.48. The minimum absolute atomic E-state index is 0.0570. The quantitative estimate of drug-likeness (QED) is 0.837. The number of benzene rings is 2. The molecule has 0 amide bonds. The summed E-state index contributed by atoms with van der Waals surface area (Å²) in [6.07, 6.45) is 2.32. The molecule has 2 nitrogen and oxygen atoms in total. The van der Waals surface area contributed by atoms with Crippen LogP contribution in [0.15, 0.2) is 72.3 Å². The van der Waals surface area contributed by atoms with Crippen molar-refractivity contribution in [2.24, 2.45) is 0 Å². The van der Waals surface area contributed by atoms with E-state index in [4.69, 9.17) is 5.11 Å². The third-order valence-corrected chi connectivity index (χ3v) is 3.20. The lowest BCUT2D eigenvalue weighted by atomic mass is 9.85. The van der Waals surface area contributed by atoms with Gasteiger partial charge in [-0.15, -0.1) is 0 Å².